The molecule has 3 unspecified atom stereocenters. The van der Waals surface area contributed by atoms with Gasteiger partial charge >= 0.3 is 5.97 Å². The molecule has 32 heavy (non-hydrogen) atoms. The zero-order valence-corrected chi connectivity index (χ0v) is 18.0. The first-order valence-corrected chi connectivity index (χ1v) is 10.2. The molecule has 0 saturated carbocycles. The molecule has 176 valence electrons. The number of aliphatic carboxylic acids is 1. The summed E-state index contributed by atoms with van der Waals surface area (Å²) in [5.41, 5.74) is 11.6. The van der Waals surface area contributed by atoms with Gasteiger partial charge in [0.15, 0.2) is 0 Å². The van der Waals surface area contributed by atoms with Crippen molar-refractivity contribution in [2.24, 2.45) is 11.5 Å². The summed E-state index contributed by atoms with van der Waals surface area (Å²) in [4.78, 5) is 58.8. The SMILES string of the molecule is NC(=O)CCC(NC(=O)CNC(=O)C(N)Cc1ccc(O)cc1)C(=O)NC(CS)C(=O)O. The number of primary amides is 1. The van der Waals surface area contributed by atoms with E-state index in [0.717, 1.165) is 0 Å². The number of aromatic hydroxyl groups is 1. The maximum atomic E-state index is 12.3. The van der Waals surface area contributed by atoms with Gasteiger partial charge < -0.3 is 37.6 Å². The van der Waals surface area contributed by atoms with Crippen LogP contribution in [0.1, 0.15) is 18.4 Å². The van der Waals surface area contributed by atoms with Crippen molar-refractivity contribution in [3.63, 3.8) is 0 Å². The van der Waals surface area contributed by atoms with Gasteiger partial charge in [0.25, 0.3) is 0 Å². The van der Waals surface area contributed by atoms with Crippen LogP contribution >= 0.6 is 12.6 Å². The van der Waals surface area contributed by atoms with Gasteiger partial charge in [0.1, 0.15) is 17.8 Å². The molecule has 0 aliphatic heterocycles. The predicted molar refractivity (Wildman–Crippen MR) is 117 cm³/mol. The van der Waals surface area contributed by atoms with Crippen molar-refractivity contribution in [3.05, 3.63) is 29.8 Å². The highest BCUT2D eigenvalue weighted by atomic mass is 32.1. The van der Waals surface area contributed by atoms with E-state index >= 15 is 0 Å². The molecule has 0 aliphatic rings. The third kappa shape index (κ3) is 9.66. The second-order valence-electron chi connectivity index (χ2n) is 6.90. The van der Waals surface area contributed by atoms with Gasteiger partial charge in [-0.2, -0.15) is 12.6 Å². The van der Waals surface area contributed by atoms with Crippen LogP contribution in [0.3, 0.4) is 0 Å². The Labute approximate surface area is 189 Å². The lowest BCUT2D eigenvalue weighted by Crippen LogP contribution is -2.54. The van der Waals surface area contributed by atoms with Crippen LogP contribution < -0.4 is 27.4 Å². The molecule has 0 aliphatic carbocycles. The molecule has 1 aromatic rings. The Bertz CT molecular complexity index is 834. The zero-order valence-electron chi connectivity index (χ0n) is 17.1. The molecule has 0 radical (unpaired) electrons. The van der Waals surface area contributed by atoms with Crippen LogP contribution in [0, 0.1) is 0 Å². The number of carboxylic acids is 1. The van der Waals surface area contributed by atoms with Crippen LogP contribution in [0.25, 0.3) is 0 Å². The van der Waals surface area contributed by atoms with Gasteiger partial charge in [-0.05, 0) is 30.5 Å². The molecule has 0 bridgehead atoms. The average molecular weight is 470 g/mol. The van der Waals surface area contributed by atoms with Crippen molar-refractivity contribution < 1.29 is 34.2 Å². The van der Waals surface area contributed by atoms with E-state index in [1.807, 2.05) is 0 Å². The van der Waals surface area contributed by atoms with E-state index in [1.165, 1.54) is 12.1 Å². The number of rotatable bonds is 13. The molecule has 1 aromatic carbocycles. The number of phenols is 1. The quantitative estimate of drug-likeness (QED) is 0.146. The smallest absolute Gasteiger partial charge is 0.327 e. The van der Waals surface area contributed by atoms with Crippen LogP contribution in [0.5, 0.6) is 5.75 Å². The molecule has 0 heterocycles. The molecule has 12 nitrogen and oxygen atoms in total. The topological polar surface area (TPSA) is 214 Å². The van der Waals surface area contributed by atoms with Crippen molar-refractivity contribution in [3.8, 4) is 5.75 Å². The highest BCUT2D eigenvalue weighted by Crippen LogP contribution is 2.10. The van der Waals surface area contributed by atoms with Crippen LogP contribution in [0.4, 0.5) is 0 Å². The first kappa shape index (κ1) is 26.7. The standard InChI is InChI=1S/C19H27N5O7S/c20-12(7-10-1-3-11(25)4-2-10)17(28)22-8-16(27)23-13(5-6-15(21)26)18(29)24-14(9-32)19(30)31/h1-4,12-14,25,32H,5-9,20H2,(H2,21,26)(H,22,28)(H,23,27)(H,24,29)(H,30,31). The van der Waals surface area contributed by atoms with Crippen LogP contribution in [0.2, 0.25) is 0 Å². The zero-order chi connectivity index (χ0) is 24.3. The summed E-state index contributed by atoms with van der Waals surface area (Å²) >= 11 is 3.84. The molecule has 0 saturated heterocycles. The van der Waals surface area contributed by atoms with Crippen molar-refractivity contribution >= 4 is 42.2 Å². The minimum atomic E-state index is -1.32. The first-order valence-electron chi connectivity index (χ1n) is 9.56. The van der Waals surface area contributed by atoms with Gasteiger partial charge in [0.05, 0.1) is 12.6 Å². The first-order chi connectivity index (χ1) is 15.0. The number of nitrogens with one attached hydrogen (secondary N) is 3. The fraction of sp³-hybridized carbons (Fsp3) is 0.421. The summed E-state index contributed by atoms with van der Waals surface area (Å²) < 4.78 is 0. The summed E-state index contributed by atoms with van der Waals surface area (Å²) in [7, 11) is 0. The van der Waals surface area contributed by atoms with Crippen LogP contribution in [-0.4, -0.2) is 70.2 Å². The van der Waals surface area contributed by atoms with Gasteiger partial charge in [-0.25, -0.2) is 4.79 Å². The van der Waals surface area contributed by atoms with Gasteiger partial charge in [0, 0.05) is 12.2 Å². The molecular weight excluding hydrogens is 442 g/mol. The summed E-state index contributed by atoms with van der Waals surface area (Å²) in [6, 6.07) is 2.60. The number of hydrogen-bond acceptors (Lipinski definition) is 8. The summed E-state index contributed by atoms with van der Waals surface area (Å²) in [6.45, 7) is -0.503. The number of carbonyl (C=O) groups is 5. The fourth-order valence-electron chi connectivity index (χ4n) is 2.54. The molecule has 3 atom stereocenters. The maximum absolute atomic E-state index is 12.3. The monoisotopic (exact) mass is 469 g/mol. The highest BCUT2D eigenvalue weighted by molar-refractivity contribution is 7.80. The molecule has 0 spiro atoms. The molecule has 4 amide bonds. The molecule has 9 N–H and O–H groups in total. The van der Waals surface area contributed by atoms with Crippen molar-refractivity contribution in [1.82, 2.24) is 16.0 Å². The van der Waals surface area contributed by atoms with E-state index < -0.39 is 54.3 Å². The van der Waals surface area contributed by atoms with Crippen LogP contribution in [0.15, 0.2) is 24.3 Å². The van der Waals surface area contributed by atoms with E-state index in [-0.39, 0.29) is 30.8 Å². The number of thiol groups is 1. The summed E-state index contributed by atoms with van der Waals surface area (Å²) in [5, 5.41) is 25.2. The molecule has 0 fully saturated rings. The van der Waals surface area contributed by atoms with Gasteiger partial charge in [-0.15, -0.1) is 0 Å². The Hall–Kier alpha value is -3.32. The number of hydrogen-bond donors (Lipinski definition) is 8. The molecule has 0 aromatic heterocycles. The number of phenolic OH excluding ortho intramolecular Hbond substituents is 1. The van der Waals surface area contributed by atoms with Gasteiger partial charge in [-0.1, -0.05) is 12.1 Å². The van der Waals surface area contributed by atoms with Crippen LogP contribution in [-0.2, 0) is 30.4 Å². The van der Waals surface area contributed by atoms with Gasteiger partial charge in [-0.3, -0.25) is 19.2 Å². The van der Waals surface area contributed by atoms with E-state index in [4.69, 9.17) is 16.6 Å². The lowest BCUT2D eigenvalue weighted by molar-refractivity contribution is -0.141. The van der Waals surface area contributed by atoms with Crippen molar-refractivity contribution in [1.29, 1.82) is 0 Å². The Morgan fingerprint density at radius 2 is 1.62 bits per heavy atom. The Kier molecular flexibility index (Phi) is 11.0. The van der Waals surface area contributed by atoms with E-state index in [0.29, 0.717) is 5.56 Å². The maximum Gasteiger partial charge on any atom is 0.327 e. The van der Waals surface area contributed by atoms with Gasteiger partial charge in [0.2, 0.25) is 23.6 Å². The minimum absolute atomic E-state index is 0.0717. The van der Waals surface area contributed by atoms with Crippen molar-refractivity contribution in [2.75, 3.05) is 12.3 Å². The summed E-state index contributed by atoms with van der Waals surface area (Å²) in [5.74, 6) is -4.35. The minimum Gasteiger partial charge on any atom is -0.508 e. The Morgan fingerprint density at radius 3 is 2.16 bits per heavy atom. The molecular formula is C19H27N5O7S. The van der Waals surface area contributed by atoms with E-state index in [9.17, 15) is 29.1 Å². The number of carbonyl (C=O) groups excluding carboxylic acids is 4. The number of carboxylic acid groups (broad SMARTS) is 1. The largest absolute Gasteiger partial charge is 0.508 e. The Balaban J connectivity index is 2.63. The number of benzene rings is 1. The lowest BCUT2D eigenvalue weighted by atomic mass is 10.1. The second kappa shape index (κ2) is 13.2. The third-order valence-corrected chi connectivity index (χ3v) is 4.65. The predicted octanol–water partition coefficient (Wildman–Crippen LogP) is -2.37. The average Bonchev–Trinajstić information content (AvgIpc) is 2.74. The highest BCUT2D eigenvalue weighted by Gasteiger charge is 2.26. The number of amides is 4. The fourth-order valence-corrected chi connectivity index (χ4v) is 2.78. The van der Waals surface area contributed by atoms with E-state index in [1.54, 1.807) is 12.1 Å². The lowest BCUT2D eigenvalue weighted by Gasteiger charge is -2.21. The van der Waals surface area contributed by atoms with E-state index in [2.05, 4.69) is 28.6 Å². The Morgan fingerprint density at radius 1 is 1.00 bits per heavy atom. The molecule has 1 rings (SSSR count). The normalized spacial score (nSPS) is 13.3. The summed E-state index contributed by atoms with van der Waals surface area (Å²) in [6.07, 6.45) is -0.237. The van der Waals surface area contributed by atoms with Crippen molar-refractivity contribution in [2.45, 2.75) is 37.4 Å². The molecule has 13 heteroatoms. The number of nitrogens with two attached hydrogens (primary N) is 2. The second-order valence-corrected chi connectivity index (χ2v) is 7.27. The third-order valence-electron chi connectivity index (χ3n) is 4.28.